The van der Waals surface area contributed by atoms with Crippen LogP contribution in [0.2, 0.25) is 0 Å². The van der Waals surface area contributed by atoms with Gasteiger partial charge >= 0.3 is 0 Å². The summed E-state index contributed by atoms with van der Waals surface area (Å²) in [5, 5.41) is 8.94. The minimum atomic E-state index is -3.92. The van der Waals surface area contributed by atoms with Crippen molar-refractivity contribution in [1.29, 1.82) is 0 Å². The van der Waals surface area contributed by atoms with Gasteiger partial charge in [-0.15, -0.1) is 0 Å². The molecule has 0 aliphatic heterocycles. The average Bonchev–Trinajstić information content (AvgIpc) is 2.31. The molecule has 0 saturated heterocycles. The summed E-state index contributed by atoms with van der Waals surface area (Å²) in [6, 6.07) is 3.53. The van der Waals surface area contributed by atoms with Gasteiger partial charge in [-0.3, -0.25) is 0 Å². The fourth-order valence-electron chi connectivity index (χ4n) is 1.75. The zero-order valence-corrected chi connectivity index (χ0v) is 12.2. The van der Waals surface area contributed by atoms with E-state index in [-0.39, 0.29) is 17.4 Å². The van der Waals surface area contributed by atoms with Gasteiger partial charge in [0.2, 0.25) is 10.0 Å². The molecule has 6 heteroatoms. The van der Waals surface area contributed by atoms with E-state index in [9.17, 15) is 12.8 Å². The summed E-state index contributed by atoms with van der Waals surface area (Å²) in [5.74, 6) is -0.764. The lowest BCUT2D eigenvalue weighted by molar-refractivity contribution is 0.256. The molecule has 0 aromatic heterocycles. The third-order valence-corrected chi connectivity index (χ3v) is 4.43. The third kappa shape index (κ3) is 4.26. The molecular formula is C13H20FNO3S. The van der Waals surface area contributed by atoms with Crippen LogP contribution in [0, 0.1) is 18.7 Å². The van der Waals surface area contributed by atoms with Crippen LogP contribution in [0.5, 0.6) is 0 Å². The van der Waals surface area contributed by atoms with Crippen LogP contribution in [0.15, 0.2) is 23.1 Å². The molecule has 0 spiro atoms. The number of aryl methyl sites for hydroxylation is 1. The molecule has 2 N–H and O–H groups in total. The van der Waals surface area contributed by atoms with E-state index in [0.717, 1.165) is 6.07 Å². The molecule has 0 aliphatic carbocycles. The summed E-state index contributed by atoms with van der Waals surface area (Å²) in [6.45, 7) is 5.26. The van der Waals surface area contributed by atoms with Crippen LogP contribution in [0.3, 0.4) is 0 Å². The van der Waals surface area contributed by atoms with Crippen LogP contribution < -0.4 is 4.72 Å². The normalized spacial score (nSPS) is 13.8. The van der Waals surface area contributed by atoms with Gasteiger partial charge in [0.15, 0.2) is 0 Å². The molecule has 1 atom stereocenters. The molecule has 0 radical (unpaired) electrons. The van der Waals surface area contributed by atoms with Crippen molar-refractivity contribution in [2.45, 2.75) is 38.1 Å². The molecule has 0 fully saturated rings. The van der Waals surface area contributed by atoms with Crippen molar-refractivity contribution in [3.8, 4) is 0 Å². The summed E-state index contributed by atoms with van der Waals surface area (Å²) in [7, 11) is -3.92. The van der Waals surface area contributed by atoms with E-state index in [2.05, 4.69) is 4.72 Å². The van der Waals surface area contributed by atoms with E-state index >= 15 is 0 Å². The van der Waals surface area contributed by atoms with E-state index < -0.39 is 21.9 Å². The number of sulfonamides is 1. The van der Waals surface area contributed by atoms with Crippen molar-refractivity contribution in [2.75, 3.05) is 6.61 Å². The Kier molecular flexibility index (Phi) is 5.46. The fraction of sp³-hybridized carbons (Fsp3) is 0.538. The minimum Gasteiger partial charge on any atom is -0.396 e. The Morgan fingerprint density at radius 3 is 2.53 bits per heavy atom. The van der Waals surface area contributed by atoms with E-state index in [1.165, 1.54) is 12.1 Å². The Hall–Kier alpha value is -0.980. The summed E-state index contributed by atoms with van der Waals surface area (Å²) >= 11 is 0. The number of aliphatic hydroxyl groups excluding tert-OH is 1. The smallest absolute Gasteiger partial charge is 0.243 e. The second-order valence-corrected chi connectivity index (χ2v) is 6.60. The molecule has 0 bridgehead atoms. The lowest BCUT2D eigenvalue weighted by Gasteiger charge is -2.21. The van der Waals surface area contributed by atoms with E-state index in [4.69, 9.17) is 5.11 Å². The molecule has 108 valence electrons. The SMILES string of the molecule is Cc1ccc(F)c(S(=O)(=O)NC(CCO)C(C)C)c1. The minimum absolute atomic E-state index is 0.00907. The van der Waals surface area contributed by atoms with Crippen molar-refractivity contribution >= 4 is 10.0 Å². The highest BCUT2D eigenvalue weighted by Crippen LogP contribution is 2.18. The zero-order valence-electron chi connectivity index (χ0n) is 11.4. The molecular weight excluding hydrogens is 269 g/mol. The molecule has 0 aliphatic rings. The first-order chi connectivity index (χ1) is 8.77. The first-order valence-electron chi connectivity index (χ1n) is 6.17. The fourth-order valence-corrected chi connectivity index (χ4v) is 3.33. The van der Waals surface area contributed by atoms with Gasteiger partial charge in [0.05, 0.1) is 0 Å². The van der Waals surface area contributed by atoms with Crippen LogP contribution >= 0.6 is 0 Å². The van der Waals surface area contributed by atoms with Gasteiger partial charge in [-0.2, -0.15) is 0 Å². The number of hydrogen-bond donors (Lipinski definition) is 2. The zero-order chi connectivity index (χ0) is 14.6. The Bertz CT molecular complexity index is 529. The van der Waals surface area contributed by atoms with E-state index in [1.807, 2.05) is 13.8 Å². The van der Waals surface area contributed by atoms with Gasteiger partial charge in [0.25, 0.3) is 0 Å². The molecule has 19 heavy (non-hydrogen) atoms. The molecule has 0 heterocycles. The number of nitrogens with one attached hydrogen (secondary N) is 1. The second-order valence-electron chi connectivity index (χ2n) is 4.92. The Balaban J connectivity index is 3.06. The van der Waals surface area contributed by atoms with E-state index in [1.54, 1.807) is 6.92 Å². The van der Waals surface area contributed by atoms with Crippen LogP contribution in [-0.2, 0) is 10.0 Å². The number of halogens is 1. The standard InChI is InChI=1S/C13H20FNO3S/c1-9(2)12(6-7-16)15-19(17,18)13-8-10(3)4-5-11(13)14/h4-5,8-9,12,15-16H,6-7H2,1-3H3. The quantitative estimate of drug-likeness (QED) is 0.839. The highest BCUT2D eigenvalue weighted by atomic mass is 32.2. The Labute approximate surface area is 113 Å². The van der Waals surface area contributed by atoms with Crippen LogP contribution in [-0.4, -0.2) is 26.2 Å². The third-order valence-electron chi connectivity index (χ3n) is 2.93. The van der Waals surface area contributed by atoms with Gasteiger partial charge in [0, 0.05) is 12.6 Å². The highest BCUT2D eigenvalue weighted by molar-refractivity contribution is 7.89. The topological polar surface area (TPSA) is 66.4 Å². The van der Waals surface area contributed by atoms with Gasteiger partial charge in [-0.05, 0) is 37.0 Å². The molecule has 1 aromatic carbocycles. The van der Waals surface area contributed by atoms with Gasteiger partial charge < -0.3 is 5.11 Å². The van der Waals surface area contributed by atoms with Crippen LogP contribution in [0.1, 0.15) is 25.8 Å². The summed E-state index contributed by atoms with van der Waals surface area (Å²) in [6.07, 6.45) is 0.296. The predicted octanol–water partition coefficient (Wildman–Crippen LogP) is 1.82. The van der Waals surface area contributed by atoms with Gasteiger partial charge in [-0.1, -0.05) is 19.9 Å². The molecule has 1 rings (SSSR count). The molecule has 1 unspecified atom stereocenters. The first kappa shape index (κ1) is 16.1. The highest BCUT2D eigenvalue weighted by Gasteiger charge is 2.24. The van der Waals surface area contributed by atoms with Gasteiger partial charge in [-0.25, -0.2) is 17.5 Å². The predicted molar refractivity (Wildman–Crippen MR) is 71.8 cm³/mol. The lowest BCUT2D eigenvalue weighted by atomic mass is 10.0. The van der Waals surface area contributed by atoms with Crippen molar-refractivity contribution in [3.05, 3.63) is 29.6 Å². The Morgan fingerprint density at radius 1 is 1.37 bits per heavy atom. The first-order valence-corrected chi connectivity index (χ1v) is 7.65. The average molecular weight is 289 g/mol. The molecule has 1 aromatic rings. The number of benzene rings is 1. The summed E-state index contributed by atoms with van der Waals surface area (Å²) in [4.78, 5) is -0.351. The van der Waals surface area contributed by atoms with Crippen LogP contribution in [0.25, 0.3) is 0 Å². The van der Waals surface area contributed by atoms with Crippen molar-refractivity contribution < 1.29 is 17.9 Å². The number of rotatable bonds is 6. The monoisotopic (exact) mass is 289 g/mol. The maximum absolute atomic E-state index is 13.6. The number of hydrogen-bond acceptors (Lipinski definition) is 3. The lowest BCUT2D eigenvalue weighted by Crippen LogP contribution is -2.39. The van der Waals surface area contributed by atoms with Crippen molar-refractivity contribution in [2.24, 2.45) is 5.92 Å². The summed E-state index contributed by atoms with van der Waals surface area (Å²) in [5.41, 5.74) is 0.671. The summed E-state index contributed by atoms with van der Waals surface area (Å²) < 4.78 is 40.4. The maximum atomic E-state index is 13.6. The second kappa shape index (κ2) is 6.45. The molecule has 4 nitrogen and oxygen atoms in total. The van der Waals surface area contributed by atoms with E-state index in [0.29, 0.717) is 12.0 Å². The largest absolute Gasteiger partial charge is 0.396 e. The van der Waals surface area contributed by atoms with Gasteiger partial charge in [0.1, 0.15) is 10.7 Å². The Morgan fingerprint density at radius 2 is 2.00 bits per heavy atom. The van der Waals surface area contributed by atoms with Crippen molar-refractivity contribution in [1.82, 2.24) is 4.72 Å². The maximum Gasteiger partial charge on any atom is 0.243 e. The van der Waals surface area contributed by atoms with Crippen molar-refractivity contribution in [3.63, 3.8) is 0 Å². The molecule has 0 amide bonds. The number of aliphatic hydroxyl groups is 1. The molecule has 0 saturated carbocycles. The van der Waals surface area contributed by atoms with Crippen LogP contribution in [0.4, 0.5) is 4.39 Å².